The first-order chi connectivity index (χ1) is 8.67. The highest BCUT2D eigenvalue weighted by Gasteiger charge is 2.09. The molecular weight excluding hydrogens is 246 g/mol. The largest absolute Gasteiger partial charge is 0.497 e. The molecule has 3 nitrogen and oxygen atoms in total. The molecule has 1 heterocycles. The summed E-state index contributed by atoms with van der Waals surface area (Å²) in [5.41, 5.74) is 2.04. The Kier molecular flexibility index (Phi) is 4.33. The first kappa shape index (κ1) is 13.1. The number of aromatic nitrogens is 1. The molecule has 0 amide bonds. The van der Waals surface area contributed by atoms with E-state index in [9.17, 15) is 5.11 Å². The van der Waals surface area contributed by atoms with Crippen molar-refractivity contribution < 1.29 is 9.84 Å². The number of aliphatic hydroxyl groups is 1. The Morgan fingerprint density at radius 1 is 1.39 bits per heavy atom. The van der Waals surface area contributed by atoms with Crippen LogP contribution in [-0.4, -0.2) is 23.3 Å². The smallest absolute Gasteiger partial charge is 0.119 e. The van der Waals surface area contributed by atoms with Gasteiger partial charge in [0, 0.05) is 11.8 Å². The van der Waals surface area contributed by atoms with Crippen LogP contribution in [0.2, 0.25) is 0 Å². The molecule has 0 saturated heterocycles. The van der Waals surface area contributed by atoms with Crippen LogP contribution in [-0.2, 0) is 12.8 Å². The second-order valence-electron chi connectivity index (χ2n) is 4.27. The van der Waals surface area contributed by atoms with Crippen LogP contribution in [0.3, 0.4) is 0 Å². The van der Waals surface area contributed by atoms with Gasteiger partial charge < -0.3 is 9.84 Å². The van der Waals surface area contributed by atoms with Gasteiger partial charge in [0.1, 0.15) is 5.75 Å². The zero-order valence-electron chi connectivity index (χ0n) is 10.6. The van der Waals surface area contributed by atoms with Crippen molar-refractivity contribution in [2.24, 2.45) is 0 Å². The average Bonchev–Trinajstić information content (AvgIpc) is 2.74. The fourth-order valence-corrected chi connectivity index (χ4v) is 2.51. The van der Waals surface area contributed by atoms with E-state index in [0.717, 1.165) is 22.0 Å². The first-order valence-electron chi connectivity index (χ1n) is 5.89. The minimum Gasteiger partial charge on any atom is -0.497 e. The second-order valence-corrected chi connectivity index (χ2v) is 5.33. The van der Waals surface area contributed by atoms with Crippen molar-refractivity contribution in [3.05, 3.63) is 45.9 Å². The van der Waals surface area contributed by atoms with Crippen LogP contribution in [0.5, 0.6) is 5.75 Å². The van der Waals surface area contributed by atoms with Gasteiger partial charge in [-0.05, 0) is 31.0 Å². The number of aliphatic hydroxyl groups excluding tert-OH is 1. The molecular formula is C14H17NO2S. The summed E-state index contributed by atoms with van der Waals surface area (Å²) in [6.45, 7) is 1.97. The lowest BCUT2D eigenvalue weighted by atomic mass is 10.0. The SMILES string of the molecule is COc1cccc(CC(O)Cc2csc(C)n2)c1. The molecule has 0 radical (unpaired) electrons. The van der Waals surface area contributed by atoms with Gasteiger partial charge in [0.05, 0.1) is 23.9 Å². The third kappa shape index (κ3) is 3.55. The van der Waals surface area contributed by atoms with Gasteiger partial charge in [0.2, 0.25) is 0 Å². The Morgan fingerprint density at radius 2 is 2.22 bits per heavy atom. The predicted octanol–water partition coefficient (Wildman–Crippen LogP) is 2.61. The predicted molar refractivity (Wildman–Crippen MR) is 73.3 cm³/mol. The third-order valence-corrected chi connectivity index (χ3v) is 3.54. The molecule has 2 aromatic rings. The third-order valence-electron chi connectivity index (χ3n) is 2.72. The number of aryl methyl sites for hydroxylation is 1. The van der Waals surface area contributed by atoms with E-state index in [4.69, 9.17) is 4.74 Å². The molecule has 4 heteroatoms. The fraction of sp³-hybridized carbons (Fsp3) is 0.357. The lowest BCUT2D eigenvalue weighted by Gasteiger charge is -2.10. The van der Waals surface area contributed by atoms with Crippen molar-refractivity contribution in [2.45, 2.75) is 25.9 Å². The Bertz CT molecular complexity index is 510. The van der Waals surface area contributed by atoms with Crippen molar-refractivity contribution in [1.29, 1.82) is 0 Å². The zero-order valence-corrected chi connectivity index (χ0v) is 11.4. The van der Waals surface area contributed by atoms with Crippen molar-refractivity contribution in [3.8, 4) is 5.75 Å². The van der Waals surface area contributed by atoms with Gasteiger partial charge in [0.15, 0.2) is 0 Å². The highest BCUT2D eigenvalue weighted by molar-refractivity contribution is 7.09. The number of nitrogens with zero attached hydrogens (tertiary/aromatic N) is 1. The monoisotopic (exact) mass is 263 g/mol. The number of ether oxygens (including phenoxy) is 1. The Hall–Kier alpha value is -1.39. The maximum absolute atomic E-state index is 10.1. The molecule has 0 aliphatic heterocycles. The maximum Gasteiger partial charge on any atom is 0.119 e. The number of benzene rings is 1. The summed E-state index contributed by atoms with van der Waals surface area (Å²) in [6, 6.07) is 7.79. The first-order valence-corrected chi connectivity index (χ1v) is 6.77. The molecule has 1 unspecified atom stereocenters. The molecule has 18 heavy (non-hydrogen) atoms. The number of thiazole rings is 1. The molecule has 0 spiro atoms. The van der Waals surface area contributed by atoms with E-state index in [2.05, 4.69) is 4.98 Å². The Morgan fingerprint density at radius 3 is 2.89 bits per heavy atom. The summed E-state index contributed by atoms with van der Waals surface area (Å²) >= 11 is 1.62. The average molecular weight is 263 g/mol. The molecule has 1 N–H and O–H groups in total. The lowest BCUT2D eigenvalue weighted by molar-refractivity contribution is 0.174. The van der Waals surface area contributed by atoms with Gasteiger partial charge in [-0.15, -0.1) is 11.3 Å². The topological polar surface area (TPSA) is 42.4 Å². The van der Waals surface area contributed by atoms with E-state index in [1.807, 2.05) is 36.6 Å². The van der Waals surface area contributed by atoms with Crippen LogP contribution in [0, 0.1) is 6.92 Å². The summed E-state index contributed by atoms with van der Waals surface area (Å²) in [4.78, 5) is 4.36. The standard InChI is InChI=1S/C14H17NO2S/c1-10-15-12(9-18-10)8-13(16)6-11-4-3-5-14(7-11)17-2/h3-5,7,9,13,16H,6,8H2,1-2H3. The summed E-state index contributed by atoms with van der Waals surface area (Å²) in [7, 11) is 1.65. The summed E-state index contributed by atoms with van der Waals surface area (Å²) in [5.74, 6) is 0.823. The Labute approximate surface area is 111 Å². The lowest BCUT2D eigenvalue weighted by Crippen LogP contribution is -2.14. The minimum atomic E-state index is -0.404. The normalized spacial score (nSPS) is 12.4. The van der Waals surface area contributed by atoms with Crippen LogP contribution < -0.4 is 4.74 Å². The molecule has 0 bridgehead atoms. The molecule has 0 aliphatic rings. The van der Waals surface area contributed by atoms with Crippen LogP contribution >= 0.6 is 11.3 Å². The van der Waals surface area contributed by atoms with Gasteiger partial charge >= 0.3 is 0 Å². The van der Waals surface area contributed by atoms with Crippen molar-refractivity contribution in [2.75, 3.05) is 7.11 Å². The summed E-state index contributed by atoms with van der Waals surface area (Å²) in [5, 5.41) is 13.1. The van der Waals surface area contributed by atoms with Crippen LogP contribution in [0.15, 0.2) is 29.6 Å². The zero-order chi connectivity index (χ0) is 13.0. The molecule has 0 saturated carbocycles. The maximum atomic E-state index is 10.1. The Balaban J connectivity index is 1.96. The molecule has 96 valence electrons. The van der Waals surface area contributed by atoms with E-state index < -0.39 is 6.10 Å². The van der Waals surface area contributed by atoms with E-state index in [-0.39, 0.29) is 0 Å². The van der Waals surface area contributed by atoms with Crippen molar-refractivity contribution >= 4 is 11.3 Å². The highest BCUT2D eigenvalue weighted by atomic mass is 32.1. The van der Waals surface area contributed by atoms with Crippen molar-refractivity contribution in [1.82, 2.24) is 4.98 Å². The van der Waals surface area contributed by atoms with Gasteiger partial charge in [-0.2, -0.15) is 0 Å². The van der Waals surface area contributed by atoms with Crippen LogP contribution in [0.25, 0.3) is 0 Å². The molecule has 1 aromatic heterocycles. The summed E-state index contributed by atoms with van der Waals surface area (Å²) < 4.78 is 5.17. The van der Waals surface area contributed by atoms with Crippen molar-refractivity contribution in [3.63, 3.8) is 0 Å². The van der Waals surface area contributed by atoms with E-state index >= 15 is 0 Å². The number of hydrogen-bond donors (Lipinski definition) is 1. The van der Waals surface area contributed by atoms with Gasteiger partial charge in [-0.1, -0.05) is 12.1 Å². The second kappa shape index (κ2) is 5.98. The fourth-order valence-electron chi connectivity index (χ4n) is 1.89. The number of rotatable bonds is 5. The van der Waals surface area contributed by atoms with Gasteiger partial charge in [-0.3, -0.25) is 0 Å². The molecule has 2 rings (SSSR count). The molecule has 1 atom stereocenters. The van der Waals surface area contributed by atoms with E-state index in [1.165, 1.54) is 0 Å². The molecule has 0 fully saturated rings. The minimum absolute atomic E-state index is 0.404. The molecule has 1 aromatic carbocycles. The number of methoxy groups -OCH3 is 1. The van der Waals surface area contributed by atoms with Crippen LogP contribution in [0.4, 0.5) is 0 Å². The molecule has 0 aliphatic carbocycles. The van der Waals surface area contributed by atoms with E-state index in [1.54, 1.807) is 18.4 Å². The number of hydrogen-bond acceptors (Lipinski definition) is 4. The van der Waals surface area contributed by atoms with Crippen LogP contribution in [0.1, 0.15) is 16.3 Å². The summed E-state index contributed by atoms with van der Waals surface area (Å²) in [6.07, 6.45) is 0.814. The van der Waals surface area contributed by atoms with Gasteiger partial charge in [-0.25, -0.2) is 4.98 Å². The van der Waals surface area contributed by atoms with Gasteiger partial charge in [0.25, 0.3) is 0 Å². The van der Waals surface area contributed by atoms with E-state index in [0.29, 0.717) is 12.8 Å². The highest BCUT2D eigenvalue weighted by Crippen LogP contribution is 2.16. The quantitative estimate of drug-likeness (QED) is 0.901.